The van der Waals surface area contributed by atoms with Gasteiger partial charge >= 0.3 is 5.97 Å². The molecular formula is C14H19NO3S. The van der Waals surface area contributed by atoms with E-state index in [1.807, 2.05) is 18.4 Å². The number of ether oxygens (including phenoxy) is 2. The van der Waals surface area contributed by atoms with E-state index in [0.717, 1.165) is 29.1 Å². The summed E-state index contributed by atoms with van der Waals surface area (Å²) in [5.41, 5.74) is 0.689. The van der Waals surface area contributed by atoms with Crippen LogP contribution in [-0.2, 0) is 16.1 Å². The van der Waals surface area contributed by atoms with Crippen LogP contribution >= 0.6 is 11.8 Å². The molecule has 0 heterocycles. The molecule has 0 amide bonds. The molecule has 19 heavy (non-hydrogen) atoms. The molecule has 1 aliphatic carbocycles. The van der Waals surface area contributed by atoms with Gasteiger partial charge in [0.25, 0.3) is 0 Å². The zero-order valence-electron chi connectivity index (χ0n) is 11.5. The fraction of sp³-hybridized carbons (Fsp3) is 0.500. The van der Waals surface area contributed by atoms with E-state index in [0.29, 0.717) is 6.54 Å². The third-order valence-corrected chi connectivity index (χ3v) is 4.16. The molecule has 0 aliphatic heterocycles. The average molecular weight is 281 g/mol. The molecule has 5 heteroatoms. The van der Waals surface area contributed by atoms with Crippen LogP contribution in [-0.4, -0.2) is 32.0 Å². The van der Waals surface area contributed by atoms with Crippen LogP contribution in [0.25, 0.3) is 0 Å². The highest BCUT2D eigenvalue weighted by atomic mass is 32.2. The lowest BCUT2D eigenvalue weighted by Gasteiger charge is -2.15. The molecule has 1 N–H and O–H groups in total. The Balaban J connectivity index is 2.02. The first-order valence-electron chi connectivity index (χ1n) is 6.19. The highest BCUT2D eigenvalue weighted by molar-refractivity contribution is 7.98. The number of nitrogens with one attached hydrogen (secondary N) is 1. The number of rotatable bonds is 6. The summed E-state index contributed by atoms with van der Waals surface area (Å²) in [4.78, 5) is 12.7. The predicted molar refractivity (Wildman–Crippen MR) is 75.6 cm³/mol. The Morgan fingerprint density at radius 1 is 1.42 bits per heavy atom. The monoisotopic (exact) mass is 281 g/mol. The number of carbonyl (C=O) groups is 1. The molecule has 0 atom stereocenters. The SMILES string of the molecule is COC(=O)C1(NCc2ccc(OC)c(SC)c2)CC1. The molecule has 0 radical (unpaired) electrons. The quantitative estimate of drug-likeness (QED) is 0.640. The standard InChI is InChI=1S/C14H19NO3S/c1-17-11-5-4-10(8-12(11)19-3)9-15-14(6-7-14)13(16)18-2/h4-5,8,15H,6-7,9H2,1-3H3. The van der Waals surface area contributed by atoms with Gasteiger partial charge in [-0.05, 0) is 36.8 Å². The van der Waals surface area contributed by atoms with Crippen molar-refractivity contribution in [3.63, 3.8) is 0 Å². The van der Waals surface area contributed by atoms with Crippen molar-refractivity contribution in [2.24, 2.45) is 0 Å². The highest BCUT2D eigenvalue weighted by Crippen LogP contribution is 2.37. The first-order valence-corrected chi connectivity index (χ1v) is 7.42. The van der Waals surface area contributed by atoms with Crippen LogP contribution in [0.3, 0.4) is 0 Å². The molecule has 1 aromatic rings. The van der Waals surface area contributed by atoms with Crippen molar-refractivity contribution in [3.8, 4) is 5.75 Å². The Hall–Kier alpha value is -1.20. The van der Waals surface area contributed by atoms with E-state index in [1.54, 1.807) is 18.9 Å². The Morgan fingerprint density at radius 2 is 2.16 bits per heavy atom. The number of methoxy groups -OCH3 is 2. The van der Waals surface area contributed by atoms with Gasteiger partial charge in [0.05, 0.1) is 14.2 Å². The Bertz CT molecular complexity index is 472. The van der Waals surface area contributed by atoms with Gasteiger partial charge in [-0.15, -0.1) is 11.8 Å². The normalized spacial score (nSPS) is 15.9. The third kappa shape index (κ3) is 3.04. The second-order valence-electron chi connectivity index (χ2n) is 4.62. The lowest BCUT2D eigenvalue weighted by atomic mass is 10.2. The van der Waals surface area contributed by atoms with E-state index in [9.17, 15) is 4.79 Å². The summed E-state index contributed by atoms with van der Waals surface area (Å²) in [6.45, 7) is 0.659. The maximum absolute atomic E-state index is 11.6. The molecule has 1 fully saturated rings. The summed E-state index contributed by atoms with van der Waals surface area (Å²) in [5, 5.41) is 3.30. The lowest BCUT2D eigenvalue weighted by molar-refractivity contribution is -0.144. The zero-order chi connectivity index (χ0) is 13.9. The van der Waals surface area contributed by atoms with Crippen molar-refractivity contribution < 1.29 is 14.3 Å². The second-order valence-corrected chi connectivity index (χ2v) is 5.46. The Kier molecular flexibility index (Phi) is 4.37. The first-order chi connectivity index (χ1) is 9.15. The van der Waals surface area contributed by atoms with Gasteiger partial charge in [-0.3, -0.25) is 10.1 Å². The van der Waals surface area contributed by atoms with E-state index >= 15 is 0 Å². The van der Waals surface area contributed by atoms with E-state index < -0.39 is 5.54 Å². The molecule has 0 saturated heterocycles. The van der Waals surface area contributed by atoms with Crippen LogP contribution in [0.4, 0.5) is 0 Å². The predicted octanol–water partition coefficient (Wildman–Crippen LogP) is 2.21. The van der Waals surface area contributed by atoms with E-state index in [1.165, 1.54) is 7.11 Å². The summed E-state index contributed by atoms with van der Waals surface area (Å²) < 4.78 is 10.1. The van der Waals surface area contributed by atoms with Crippen LogP contribution in [0.15, 0.2) is 23.1 Å². The number of thioether (sulfide) groups is 1. The maximum Gasteiger partial charge on any atom is 0.326 e. The fourth-order valence-electron chi connectivity index (χ4n) is 2.04. The number of hydrogen-bond donors (Lipinski definition) is 1. The van der Waals surface area contributed by atoms with Crippen molar-refractivity contribution in [1.29, 1.82) is 0 Å². The summed E-state index contributed by atoms with van der Waals surface area (Å²) >= 11 is 1.65. The molecule has 104 valence electrons. The van der Waals surface area contributed by atoms with Crippen LogP contribution < -0.4 is 10.1 Å². The van der Waals surface area contributed by atoms with Crippen molar-refractivity contribution in [2.75, 3.05) is 20.5 Å². The van der Waals surface area contributed by atoms with E-state index in [-0.39, 0.29) is 5.97 Å². The molecule has 0 spiro atoms. The van der Waals surface area contributed by atoms with Crippen LogP contribution in [0.1, 0.15) is 18.4 Å². The van der Waals surface area contributed by atoms with Gasteiger partial charge in [-0.25, -0.2) is 0 Å². The largest absolute Gasteiger partial charge is 0.496 e. The van der Waals surface area contributed by atoms with Gasteiger partial charge in [0.15, 0.2) is 0 Å². The van der Waals surface area contributed by atoms with Gasteiger partial charge in [0.2, 0.25) is 0 Å². The summed E-state index contributed by atoms with van der Waals surface area (Å²) in [6, 6.07) is 6.06. The van der Waals surface area contributed by atoms with Crippen molar-refractivity contribution in [3.05, 3.63) is 23.8 Å². The summed E-state index contributed by atoms with van der Waals surface area (Å²) in [5.74, 6) is 0.719. The second kappa shape index (κ2) is 5.84. The summed E-state index contributed by atoms with van der Waals surface area (Å²) in [7, 11) is 3.10. The molecule has 0 aromatic heterocycles. The molecule has 0 unspecified atom stereocenters. The number of esters is 1. The van der Waals surface area contributed by atoms with Gasteiger partial charge in [0, 0.05) is 11.4 Å². The summed E-state index contributed by atoms with van der Waals surface area (Å²) in [6.07, 6.45) is 3.72. The Morgan fingerprint density at radius 3 is 2.68 bits per heavy atom. The molecule has 1 aromatic carbocycles. The third-order valence-electron chi connectivity index (χ3n) is 3.40. The molecule has 1 aliphatic rings. The minimum absolute atomic E-state index is 0.161. The lowest BCUT2D eigenvalue weighted by Crippen LogP contribution is -2.39. The number of benzene rings is 1. The van der Waals surface area contributed by atoms with Gasteiger partial charge < -0.3 is 9.47 Å². The van der Waals surface area contributed by atoms with Crippen LogP contribution in [0.2, 0.25) is 0 Å². The van der Waals surface area contributed by atoms with E-state index in [2.05, 4.69) is 11.4 Å². The van der Waals surface area contributed by atoms with Gasteiger partial charge in [-0.2, -0.15) is 0 Å². The van der Waals surface area contributed by atoms with Crippen molar-refractivity contribution in [2.45, 2.75) is 29.8 Å². The number of carbonyl (C=O) groups excluding carboxylic acids is 1. The van der Waals surface area contributed by atoms with Gasteiger partial charge in [0.1, 0.15) is 11.3 Å². The number of hydrogen-bond acceptors (Lipinski definition) is 5. The maximum atomic E-state index is 11.6. The first kappa shape index (κ1) is 14.2. The van der Waals surface area contributed by atoms with Crippen molar-refractivity contribution in [1.82, 2.24) is 5.32 Å². The minimum atomic E-state index is -0.450. The fourth-order valence-corrected chi connectivity index (χ4v) is 2.66. The average Bonchev–Trinajstić information content (AvgIpc) is 3.25. The molecular weight excluding hydrogens is 262 g/mol. The molecule has 1 saturated carbocycles. The molecule has 4 nitrogen and oxygen atoms in total. The van der Waals surface area contributed by atoms with Gasteiger partial charge in [-0.1, -0.05) is 6.07 Å². The smallest absolute Gasteiger partial charge is 0.326 e. The molecule has 2 rings (SSSR count). The molecule has 0 bridgehead atoms. The van der Waals surface area contributed by atoms with Crippen LogP contribution in [0.5, 0.6) is 5.75 Å². The topological polar surface area (TPSA) is 47.6 Å². The highest BCUT2D eigenvalue weighted by Gasteiger charge is 2.50. The zero-order valence-corrected chi connectivity index (χ0v) is 12.3. The van der Waals surface area contributed by atoms with E-state index in [4.69, 9.17) is 9.47 Å². The minimum Gasteiger partial charge on any atom is -0.496 e. The van der Waals surface area contributed by atoms with Crippen LogP contribution in [0, 0.1) is 0 Å². The van der Waals surface area contributed by atoms with Crippen molar-refractivity contribution >= 4 is 17.7 Å². The Labute approximate surface area is 117 Å².